The van der Waals surface area contributed by atoms with Gasteiger partial charge in [-0.2, -0.15) is 4.98 Å². The zero-order valence-corrected chi connectivity index (χ0v) is 20.9. The molecule has 0 saturated carbocycles. The van der Waals surface area contributed by atoms with Gasteiger partial charge < -0.3 is 18.6 Å². The van der Waals surface area contributed by atoms with E-state index in [0.29, 0.717) is 40.4 Å². The molecule has 2 aliphatic heterocycles. The summed E-state index contributed by atoms with van der Waals surface area (Å²) < 4.78 is 19.3. The van der Waals surface area contributed by atoms with Gasteiger partial charge in [0, 0.05) is 29.0 Å². The molecule has 6 bridgehead atoms. The van der Waals surface area contributed by atoms with Crippen LogP contribution in [-0.4, -0.2) is 21.6 Å². The Hall–Kier alpha value is -4.00. The summed E-state index contributed by atoms with van der Waals surface area (Å²) in [4.78, 5) is 12.6. The largest absolute Gasteiger partial charge is 0.491 e. The van der Waals surface area contributed by atoms with E-state index in [-0.39, 0.29) is 11.0 Å². The molecule has 0 amide bonds. The highest BCUT2D eigenvalue weighted by Gasteiger charge is 2.50. The fourth-order valence-electron chi connectivity index (χ4n) is 5.85. The minimum absolute atomic E-state index is 0.198. The number of fused-ring (bicyclic) bond motifs is 7. The van der Waals surface area contributed by atoms with Crippen molar-refractivity contribution in [1.29, 1.82) is 0 Å². The van der Waals surface area contributed by atoms with Crippen molar-refractivity contribution in [2.75, 3.05) is 6.61 Å². The van der Waals surface area contributed by atoms with Gasteiger partial charge in [-0.1, -0.05) is 83.9 Å². The Labute approximate surface area is 220 Å². The van der Waals surface area contributed by atoms with E-state index in [1.165, 1.54) is 0 Å². The van der Waals surface area contributed by atoms with Crippen molar-refractivity contribution in [2.24, 2.45) is 0 Å². The number of oxazole rings is 2. The van der Waals surface area contributed by atoms with Gasteiger partial charge in [-0.3, -0.25) is 0 Å². The van der Waals surface area contributed by atoms with Crippen LogP contribution >= 0.6 is 23.2 Å². The number of rotatable bonds is 1. The summed E-state index contributed by atoms with van der Waals surface area (Å²) in [6, 6.07) is 22.4. The predicted octanol–water partition coefficient (Wildman–Crippen LogP) is 7.80. The average molecular weight is 526 g/mol. The molecule has 8 heteroatoms. The van der Waals surface area contributed by atoms with Gasteiger partial charge in [0.15, 0.2) is 28.3 Å². The summed E-state index contributed by atoms with van der Waals surface area (Å²) in [5, 5.41) is 1.49. The second-order valence-corrected chi connectivity index (χ2v) is 10.1. The number of ether oxygens (including phenoxy) is 1. The minimum Gasteiger partial charge on any atom is -0.491 e. The SMILES string of the molecule is Cc1nc2c(o1)C1(c3ccccc3)COc3c(cccc31)-c1cccc3[nH]c(Cl)c(c13)-c1oc-2nc1Cl. The fourth-order valence-corrected chi connectivity index (χ4v) is 6.34. The third-order valence-corrected chi connectivity index (χ3v) is 7.92. The normalized spacial score (nSPS) is 17.3. The molecule has 0 radical (unpaired) electrons. The number of H-pyrrole nitrogens is 1. The van der Waals surface area contributed by atoms with E-state index in [1.54, 1.807) is 0 Å². The molecule has 6 aromatic rings. The molecule has 0 saturated heterocycles. The van der Waals surface area contributed by atoms with Gasteiger partial charge in [0.25, 0.3) is 5.89 Å². The maximum absolute atomic E-state index is 6.75. The molecule has 180 valence electrons. The lowest BCUT2D eigenvalue weighted by molar-refractivity contribution is 0.289. The van der Waals surface area contributed by atoms with E-state index < -0.39 is 5.41 Å². The molecule has 0 spiro atoms. The van der Waals surface area contributed by atoms with Crippen LogP contribution in [0.15, 0.2) is 75.6 Å². The summed E-state index contributed by atoms with van der Waals surface area (Å²) in [6.07, 6.45) is 0. The lowest BCUT2D eigenvalue weighted by Crippen LogP contribution is -2.31. The Balaban J connectivity index is 1.61. The molecule has 5 heterocycles. The number of aromatic nitrogens is 3. The van der Waals surface area contributed by atoms with Crippen LogP contribution in [-0.2, 0) is 5.41 Å². The summed E-state index contributed by atoms with van der Waals surface area (Å²) >= 11 is 13.5. The van der Waals surface area contributed by atoms with Crippen LogP contribution < -0.4 is 4.74 Å². The maximum Gasteiger partial charge on any atom is 0.250 e. The summed E-state index contributed by atoms with van der Waals surface area (Å²) in [5.41, 5.74) is 5.07. The number of hydrogen-bond acceptors (Lipinski definition) is 5. The molecule has 0 aliphatic carbocycles. The van der Waals surface area contributed by atoms with Gasteiger partial charge in [-0.25, -0.2) is 4.98 Å². The van der Waals surface area contributed by atoms with Crippen molar-refractivity contribution in [2.45, 2.75) is 12.3 Å². The van der Waals surface area contributed by atoms with Crippen molar-refractivity contribution in [3.8, 4) is 39.8 Å². The highest BCUT2D eigenvalue weighted by Crippen LogP contribution is 2.55. The van der Waals surface area contributed by atoms with Crippen molar-refractivity contribution in [3.05, 3.63) is 99.8 Å². The first-order valence-corrected chi connectivity index (χ1v) is 12.6. The van der Waals surface area contributed by atoms with Gasteiger partial charge in [-0.15, -0.1) is 0 Å². The number of aromatic amines is 1. The number of nitrogens with one attached hydrogen (secondary N) is 1. The van der Waals surface area contributed by atoms with Crippen LogP contribution in [0, 0.1) is 6.92 Å². The van der Waals surface area contributed by atoms with Crippen molar-refractivity contribution in [1.82, 2.24) is 15.0 Å². The Kier molecular flexibility index (Phi) is 4.15. The molecule has 6 nitrogen and oxygen atoms in total. The van der Waals surface area contributed by atoms with E-state index in [1.807, 2.05) is 37.3 Å². The van der Waals surface area contributed by atoms with Crippen molar-refractivity contribution < 1.29 is 13.6 Å². The van der Waals surface area contributed by atoms with E-state index in [0.717, 1.165) is 38.9 Å². The fraction of sp³-hybridized carbons (Fsp3) is 0.103. The third-order valence-electron chi connectivity index (χ3n) is 7.38. The predicted molar refractivity (Wildman–Crippen MR) is 141 cm³/mol. The van der Waals surface area contributed by atoms with Crippen molar-refractivity contribution >= 4 is 34.1 Å². The molecule has 37 heavy (non-hydrogen) atoms. The first-order chi connectivity index (χ1) is 18.1. The Morgan fingerprint density at radius 3 is 2.57 bits per heavy atom. The topological polar surface area (TPSA) is 77.1 Å². The molecule has 2 aliphatic rings. The van der Waals surface area contributed by atoms with Gasteiger partial charge in [0.2, 0.25) is 0 Å². The molecular weight excluding hydrogens is 509 g/mol. The summed E-state index contributed by atoms with van der Waals surface area (Å²) in [5.74, 6) is 2.50. The second-order valence-electron chi connectivity index (χ2n) is 9.33. The third kappa shape index (κ3) is 2.66. The molecule has 1 unspecified atom stereocenters. The first-order valence-electron chi connectivity index (χ1n) is 11.8. The smallest absolute Gasteiger partial charge is 0.250 e. The van der Waals surface area contributed by atoms with Crippen molar-refractivity contribution in [3.63, 3.8) is 0 Å². The number of benzene rings is 3. The number of halogens is 2. The van der Waals surface area contributed by atoms with E-state index in [9.17, 15) is 0 Å². The zero-order valence-electron chi connectivity index (χ0n) is 19.4. The van der Waals surface area contributed by atoms with Gasteiger partial charge in [-0.05, 0) is 17.2 Å². The summed E-state index contributed by atoms with van der Waals surface area (Å²) in [6.45, 7) is 2.13. The maximum atomic E-state index is 6.75. The quantitative estimate of drug-likeness (QED) is 0.237. The lowest BCUT2D eigenvalue weighted by atomic mass is 9.73. The van der Waals surface area contributed by atoms with Gasteiger partial charge >= 0.3 is 0 Å². The minimum atomic E-state index is -0.782. The van der Waals surface area contributed by atoms with Crippen LogP contribution in [0.5, 0.6) is 5.75 Å². The van der Waals surface area contributed by atoms with Crippen LogP contribution in [0.3, 0.4) is 0 Å². The highest BCUT2D eigenvalue weighted by molar-refractivity contribution is 6.37. The lowest BCUT2D eigenvalue weighted by Gasteiger charge is -2.27. The van der Waals surface area contributed by atoms with Crippen LogP contribution in [0.4, 0.5) is 0 Å². The monoisotopic (exact) mass is 525 g/mol. The molecule has 3 aromatic heterocycles. The van der Waals surface area contributed by atoms with E-state index in [2.05, 4.69) is 46.4 Å². The van der Waals surface area contributed by atoms with Gasteiger partial charge in [0.1, 0.15) is 22.9 Å². The Bertz CT molecular complexity index is 1890. The second kappa shape index (κ2) is 7.28. The first kappa shape index (κ1) is 21.1. The summed E-state index contributed by atoms with van der Waals surface area (Å²) in [7, 11) is 0. The van der Waals surface area contributed by atoms with Crippen LogP contribution in [0.1, 0.15) is 22.8 Å². The molecule has 1 N–H and O–H groups in total. The number of aryl methyl sites for hydroxylation is 1. The average Bonchev–Trinajstić information content (AvgIpc) is 3.66. The molecule has 3 aromatic carbocycles. The number of hydrogen-bond donors (Lipinski definition) is 1. The standard InChI is InChI=1S/C29H17Cl2N3O3/c1-14-32-22-25(36-14)29(15-7-3-2-4-8-15)13-35-23-17(10-5-11-18(23)29)16-9-6-12-19-20(16)21(26(30)33-19)24-27(31)34-28(22)37-24/h2-12,33H,13H2,1H3. The van der Waals surface area contributed by atoms with E-state index >= 15 is 0 Å². The zero-order chi connectivity index (χ0) is 24.9. The molecule has 1 atom stereocenters. The molecule has 0 fully saturated rings. The molecular formula is C29H17Cl2N3O3. The Morgan fingerprint density at radius 2 is 1.70 bits per heavy atom. The van der Waals surface area contributed by atoms with Crippen LogP contribution in [0.25, 0.3) is 44.9 Å². The Morgan fingerprint density at radius 1 is 0.892 bits per heavy atom. The van der Waals surface area contributed by atoms with E-state index in [4.69, 9.17) is 41.8 Å². The molecule has 8 rings (SSSR count). The van der Waals surface area contributed by atoms with Gasteiger partial charge in [0.05, 0.1) is 5.56 Å². The van der Waals surface area contributed by atoms with Crippen LogP contribution in [0.2, 0.25) is 10.3 Å². The number of nitrogens with zero attached hydrogens (tertiary/aromatic N) is 2. The highest BCUT2D eigenvalue weighted by atomic mass is 35.5. The number of para-hydroxylation sites is 1.